The minimum Gasteiger partial charge on any atom is -0.463 e. The first kappa shape index (κ1) is 11.7. The van der Waals surface area contributed by atoms with Crippen LogP contribution in [0.3, 0.4) is 0 Å². The highest BCUT2D eigenvalue weighted by Crippen LogP contribution is 2.30. The van der Waals surface area contributed by atoms with Crippen LogP contribution in [0.5, 0.6) is 0 Å². The van der Waals surface area contributed by atoms with Gasteiger partial charge in [0, 0.05) is 6.08 Å². The maximum absolute atomic E-state index is 11.8. The second-order valence-corrected chi connectivity index (χ2v) is 2.90. The third-order valence-electron chi connectivity index (χ3n) is 0.802. The number of halogens is 4. The Labute approximate surface area is 80.9 Å². The topological polar surface area (TPSA) is 26.3 Å². The molecule has 0 radical (unpaired) electrons. The Balaban J connectivity index is 4.26. The van der Waals surface area contributed by atoms with Crippen LogP contribution in [-0.2, 0) is 9.53 Å². The molecule has 6 heteroatoms. The van der Waals surface area contributed by atoms with E-state index >= 15 is 0 Å². The summed E-state index contributed by atoms with van der Waals surface area (Å²) in [7, 11) is 0. The number of carbonyl (C=O) groups excluding carboxylic acids is 1. The minimum atomic E-state index is -4.46. The molecule has 0 atom stereocenters. The van der Waals surface area contributed by atoms with Gasteiger partial charge in [-0.1, -0.05) is 0 Å². The number of rotatable bonds is 2. The Bertz CT molecular complexity index is 197. The van der Waals surface area contributed by atoms with E-state index in [1.807, 2.05) is 0 Å². The zero-order chi connectivity index (χ0) is 9.78. The van der Waals surface area contributed by atoms with Gasteiger partial charge < -0.3 is 4.74 Å². The maximum atomic E-state index is 11.8. The SMILES string of the molecule is CCOC(=O)/C=C(/I)C(F)(F)F. The van der Waals surface area contributed by atoms with Gasteiger partial charge in [0.1, 0.15) is 3.58 Å². The summed E-state index contributed by atoms with van der Waals surface area (Å²) >= 11 is 1.04. The molecule has 0 saturated heterocycles. The van der Waals surface area contributed by atoms with Crippen LogP contribution in [0.25, 0.3) is 0 Å². The van der Waals surface area contributed by atoms with E-state index in [1.54, 1.807) is 0 Å². The predicted molar refractivity (Wildman–Crippen MR) is 44.8 cm³/mol. The van der Waals surface area contributed by atoms with Crippen molar-refractivity contribution in [3.8, 4) is 0 Å². The van der Waals surface area contributed by atoms with Crippen molar-refractivity contribution in [2.45, 2.75) is 13.1 Å². The molecule has 0 aliphatic heterocycles. The normalized spacial score (nSPS) is 12.9. The molecule has 0 amide bonds. The molecule has 0 aromatic rings. The Morgan fingerprint density at radius 2 is 2.08 bits per heavy atom. The van der Waals surface area contributed by atoms with Gasteiger partial charge in [0.05, 0.1) is 6.61 Å². The van der Waals surface area contributed by atoms with Crippen LogP contribution in [0.15, 0.2) is 9.66 Å². The summed E-state index contributed by atoms with van der Waals surface area (Å²) < 4.78 is 38.6. The monoisotopic (exact) mass is 294 g/mol. The fraction of sp³-hybridized carbons (Fsp3) is 0.500. The van der Waals surface area contributed by atoms with Crippen LogP contribution >= 0.6 is 22.6 Å². The minimum absolute atomic E-state index is 0.0666. The Morgan fingerprint density at radius 3 is 2.42 bits per heavy atom. The van der Waals surface area contributed by atoms with Gasteiger partial charge in [0.2, 0.25) is 0 Å². The molecule has 70 valence electrons. The molecule has 12 heavy (non-hydrogen) atoms. The summed E-state index contributed by atoms with van der Waals surface area (Å²) in [4.78, 5) is 10.5. The van der Waals surface area contributed by atoms with Crippen molar-refractivity contribution in [2.24, 2.45) is 0 Å². The Hall–Kier alpha value is -0.270. The van der Waals surface area contributed by atoms with E-state index in [0.29, 0.717) is 6.08 Å². The van der Waals surface area contributed by atoms with Gasteiger partial charge >= 0.3 is 12.1 Å². The fourth-order valence-electron chi connectivity index (χ4n) is 0.369. The standard InChI is InChI=1S/C6H6F3IO2/c1-2-12-5(11)3-4(10)6(7,8)9/h3H,2H2,1H3/b4-3+. The number of carbonyl (C=O) groups is 1. The highest BCUT2D eigenvalue weighted by atomic mass is 127. The smallest absolute Gasteiger partial charge is 0.422 e. The van der Waals surface area contributed by atoms with Gasteiger partial charge in [0.25, 0.3) is 0 Å². The van der Waals surface area contributed by atoms with Gasteiger partial charge in [-0.2, -0.15) is 13.2 Å². The maximum Gasteiger partial charge on any atom is 0.422 e. The van der Waals surface area contributed by atoms with Gasteiger partial charge in [-0.15, -0.1) is 0 Å². The molecule has 0 saturated carbocycles. The van der Waals surface area contributed by atoms with Gasteiger partial charge in [0.15, 0.2) is 0 Å². The molecule has 0 aliphatic carbocycles. The van der Waals surface area contributed by atoms with Crippen molar-refractivity contribution < 1.29 is 22.7 Å². The lowest BCUT2D eigenvalue weighted by Gasteiger charge is -2.03. The van der Waals surface area contributed by atoms with Crippen LogP contribution < -0.4 is 0 Å². The average Bonchev–Trinajstić information content (AvgIpc) is 1.85. The number of ether oxygens (including phenoxy) is 1. The largest absolute Gasteiger partial charge is 0.463 e. The van der Waals surface area contributed by atoms with Gasteiger partial charge in [-0.25, -0.2) is 4.79 Å². The zero-order valence-electron chi connectivity index (χ0n) is 6.11. The predicted octanol–water partition coefficient (Wildman–Crippen LogP) is 2.43. The summed E-state index contributed by atoms with van der Waals surface area (Å²) in [6.07, 6.45) is -4.04. The van der Waals surface area contributed by atoms with Crippen molar-refractivity contribution in [3.05, 3.63) is 9.66 Å². The van der Waals surface area contributed by atoms with Crippen LogP contribution in [0.2, 0.25) is 0 Å². The van der Waals surface area contributed by atoms with Crippen LogP contribution in [0.1, 0.15) is 6.92 Å². The molecular weight excluding hydrogens is 288 g/mol. The zero-order valence-corrected chi connectivity index (χ0v) is 8.27. The highest BCUT2D eigenvalue weighted by Gasteiger charge is 2.32. The number of hydrogen-bond acceptors (Lipinski definition) is 2. The first-order valence-electron chi connectivity index (χ1n) is 2.99. The highest BCUT2D eigenvalue weighted by molar-refractivity contribution is 14.1. The fourth-order valence-corrected chi connectivity index (χ4v) is 0.623. The average molecular weight is 294 g/mol. The van der Waals surface area contributed by atoms with Crippen LogP contribution in [-0.4, -0.2) is 18.8 Å². The molecule has 0 spiro atoms. The first-order valence-corrected chi connectivity index (χ1v) is 4.07. The van der Waals surface area contributed by atoms with E-state index in [4.69, 9.17) is 0 Å². The number of alkyl halides is 3. The first-order chi connectivity index (χ1) is 5.38. The molecule has 0 rings (SSSR count). The van der Waals surface area contributed by atoms with Crippen molar-refractivity contribution in [2.75, 3.05) is 6.61 Å². The molecule has 0 aliphatic rings. The molecule has 0 aromatic heterocycles. The molecule has 0 N–H and O–H groups in total. The molecule has 2 nitrogen and oxygen atoms in total. The summed E-state index contributed by atoms with van der Waals surface area (Å²) in [5, 5.41) is 0. The van der Waals surface area contributed by atoms with Crippen molar-refractivity contribution in [1.29, 1.82) is 0 Å². The van der Waals surface area contributed by atoms with E-state index < -0.39 is 15.7 Å². The lowest BCUT2D eigenvalue weighted by atomic mass is 10.5. The van der Waals surface area contributed by atoms with Crippen LogP contribution in [0.4, 0.5) is 13.2 Å². The summed E-state index contributed by atoms with van der Waals surface area (Å²) in [5.74, 6) is -0.973. The molecule has 0 aromatic carbocycles. The molecular formula is C6H6F3IO2. The molecule has 0 unspecified atom stereocenters. The Kier molecular flexibility index (Phi) is 4.58. The number of allylic oxidation sites excluding steroid dienone is 1. The lowest BCUT2D eigenvalue weighted by molar-refractivity contribution is -0.138. The van der Waals surface area contributed by atoms with Gasteiger partial charge in [-0.05, 0) is 29.5 Å². The van der Waals surface area contributed by atoms with Gasteiger partial charge in [-0.3, -0.25) is 0 Å². The number of esters is 1. The summed E-state index contributed by atoms with van der Waals surface area (Å²) in [5.41, 5.74) is 0. The molecule has 0 bridgehead atoms. The lowest BCUT2D eigenvalue weighted by Crippen LogP contribution is -2.10. The molecule has 0 heterocycles. The van der Waals surface area contributed by atoms with E-state index in [1.165, 1.54) is 6.92 Å². The second kappa shape index (κ2) is 4.68. The van der Waals surface area contributed by atoms with Crippen molar-refractivity contribution >= 4 is 28.6 Å². The van der Waals surface area contributed by atoms with E-state index in [0.717, 1.165) is 22.6 Å². The third-order valence-corrected chi connectivity index (χ3v) is 1.72. The van der Waals surface area contributed by atoms with E-state index in [-0.39, 0.29) is 6.61 Å². The van der Waals surface area contributed by atoms with Crippen LogP contribution in [0, 0.1) is 0 Å². The van der Waals surface area contributed by atoms with Crippen molar-refractivity contribution in [1.82, 2.24) is 0 Å². The van der Waals surface area contributed by atoms with E-state index in [2.05, 4.69) is 4.74 Å². The third kappa shape index (κ3) is 4.58. The van der Waals surface area contributed by atoms with E-state index in [9.17, 15) is 18.0 Å². The quantitative estimate of drug-likeness (QED) is 0.444. The Morgan fingerprint density at radius 1 is 1.58 bits per heavy atom. The molecule has 0 fully saturated rings. The van der Waals surface area contributed by atoms with Crippen molar-refractivity contribution in [3.63, 3.8) is 0 Å². The number of hydrogen-bond donors (Lipinski definition) is 0. The summed E-state index contributed by atoms with van der Waals surface area (Å²) in [6.45, 7) is 1.59. The summed E-state index contributed by atoms with van der Waals surface area (Å²) in [6, 6.07) is 0. The second-order valence-electron chi connectivity index (χ2n) is 1.74.